The molecule has 21 heavy (non-hydrogen) atoms. The normalized spacial score (nSPS) is 22.6. The maximum absolute atomic E-state index is 11.8. The fraction of sp³-hybridized carbons (Fsp3) is 0.500. The average Bonchev–Trinajstić information content (AvgIpc) is 2.89. The standard InChI is InChI=1S/C14H18ClN3O3/c15-12-7-10(18-9-11(8-16)21-14(18)19)1-2-13(12)17-3-5-20-6-4-17/h1-2,7,11H,3-6,8-9,16H2. The molecule has 1 atom stereocenters. The molecule has 0 bridgehead atoms. The number of nitrogens with zero attached hydrogens (tertiary/aromatic N) is 2. The molecule has 6 nitrogen and oxygen atoms in total. The van der Waals surface area contributed by atoms with Crippen molar-refractivity contribution in [2.75, 3.05) is 49.2 Å². The topological polar surface area (TPSA) is 68.0 Å². The summed E-state index contributed by atoms with van der Waals surface area (Å²) < 4.78 is 10.5. The third-order valence-corrected chi connectivity index (χ3v) is 4.03. The quantitative estimate of drug-likeness (QED) is 0.915. The fourth-order valence-electron chi connectivity index (χ4n) is 2.58. The van der Waals surface area contributed by atoms with Crippen LogP contribution in [0.25, 0.3) is 0 Å². The zero-order valence-electron chi connectivity index (χ0n) is 11.6. The number of rotatable bonds is 3. The molecule has 0 spiro atoms. The van der Waals surface area contributed by atoms with Crippen molar-refractivity contribution in [3.05, 3.63) is 23.2 Å². The molecule has 2 aliphatic heterocycles. The Morgan fingerprint density at radius 2 is 2.10 bits per heavy atom. The van der Waals surface area contributed by atoms with Crippen LogP contribution < -0.4 is 15.5 Å². The van der Waals surface area contributed by atoms with Gasteiger partial charge in [0.25, 0.3) is 0 Å². The Balaban J connectivity index is 1.79. The van der Waals surface area contributed by atoms with Crippen molar-refractivity contribution in [3.8, 4) is 0 Å². The highest BCUT2D eigenvalue weighted by Crippen LogP contribution is 2.32. The summed E-state index contributed by atoms with van der Waals surface area (Å²) in [5, 5.41) is 0.624. The van der Waals surface area contributed by atoms with E-state index in [9.17, 15) is 4.79 Å². The third kappa shape index (κ3) is 2.92. The highest BCUT2D eigenvalue weighted by Gasteiger charge is 2.31. The van der Waals surface area contributed by atoms with Crippen LogP contribution in [-0.4, -0.2) is 51.6 Å². The Labute approximate surface area is 128 Å². The first-order chi connectivity index (χ1) is 10.2. The molecule has 2 aliphatic rings. The maximum Gasteiger partial charge on any atom is 0.414 e. The Morgan fingerprint density at radius 3 is 2.71 bits per heavy atom. The number of benzene rings is 1. The van der Waals surface area contributed by atoms with E-state index in [1.54, 1.807) is 11.0 Å². The highest BCUT2D eigenvalue weighted by molar-refractivity contribution is 6.33. The Bertz CT molecular complexity index is 534. The lowest BCUT2D eigenvalue weighted by Crippen LogP contribution is -2.36. The number of cyclic esters (lactones) is 1. The number of hydrogen-bond donors (Lipinski definition) is 1. The maximum atomic E-state index is 11.8. The number of carbonyl (C=O) groups excluding carboxylic acids is 1. The summed E-state index contributed by atoms with van der Waals surface area (Å²) in [6, 6.07) is 5.62. The van der Waals surface area contributed by atoms with E-state index in [4.69, 9.17) is 26.8 Å². The summed E-state index contributed by atoms with van der Waals surface area (Å²) in [6.07, 6.45) is -0.629. The number of morpholine rings is 1. The molecule has 1 unspecified atom stereocenters. The number of ether oxygens (including phenoxy) is 2. The van der Waals surface area contributed by atoms with Crippen LogP contribution in [0.2, 0.25) is 5.02 Å². The van der Waals surface area contributed by atoms with Gasteiger partial charge in [0, 0.05) is 25.3 Å². The minimum absolute atomic E-state index is 0.254. The summed E-state index contributed by atoms with van der Waals surface area (Å²) in [7, 11) is 0. The predicted molar refractivity (Wildman–Crippen MR) is 81.2 cm³/mol. The van der Waals surface area contributed by atoms with E-state index in [-0.39, 0.29) is 12.2 Å². The monoisotopic (exact) mass is 311 g/mol. The molecular formula is C14H18ClN3O3. The largest absolute Gasteiger partial charge is 0.443 e. The second kappa shape index (κ2) is 6.09. The molecule has 2 fully saturated rings. The first-order valence-electron chi connectivity index (χ1n) is 6.99. The molecule has 0 saturated carbocycles. The fourth-order valence-corrected chi connectivity index (χ4v) is 2.87. The smallest absolute Gasteiger partial charge is 0.414 e. The van der Waals surface area contributed by atoms with Gasteiger partial charge in [0.05, 0.1) is 30.5 Å². The van der Waals surface area contributed by atoms with Gasteiger partial charge in [-0.05, 0) is 18.2 Å². The van der Waals surface area contributed by atoms with E-state index in [0.29, 0.717) is 31.3 Å². The van der Waals surface area contributed by atoms with E-state index in [1.807, 2.05) is 12.1 Å². The van der Waals surface area contributed by atoms with Crippen molar-refractivity contribution in [1.29, 1.82) is 0 Å². The molecule has 114 valence electrons. The van der Waals surface area contributed by atoms with Crippen molar-refractivity contribution in [1.82, 2.24) is 0 Å². The van der Waals surface area contributed by atoms with Gasteiger partial charge in [-0.2, -0.15) is 0 Å². The van der Waals surface area contributed by atoms with Crippen LogP contribution in [0, 0.1) is 0 Å². The first kappa shape index (κ1) is 14.4. The average molecular weight is 312 g/mol. The van der Waals surface area contributed by atoms with Gasteiger partial charge >= 0.3 is 6.09 Å². The number of nitrogens with two attached hydrogens (primary N) is 1. The van der Waals surface area contributed by atoms with Gasteiger partial charge < -0.3 is 20.1 Å². The Hall–Kier alpha value is -1.50. The second-order valence-corrected chi connectivity index (χ2v) is 5.49. The summed E-state index contributed by atoms with van der Waals surface area (Å²) in [6.45, 7) is 3.83. The van der Waals surface area contributed by atoms with Gasteiger partial charge in [0.2, 0.25) is 0 Å². The van der Waals surface area contributed by atoms with Gasteiger partial charge in [0.15, 0.2) is 0 Å². The lowest BCUT2D eigenvalue weighted by atomic mass is 10.2. The van der Waals surface area contributed by atoms with Gasteiger partial charge in [-0.15, -0.1) is 0 Å². The SMILES string of the molecule is NCC1CN(c2ccc(N3CCOCC3)c(Cl)c2)C(=O)O1. The van der Waals surface area contributed by atoms with Crippen molar-refractivity contribution < 1.29 is 14.3 Å². The molecule has 2 saturated heterocycles. The van der Waals surface area contributed by atoms with Crippen molar-refractivity contribution in [3.63, 3.8) is 0 Å². The number of halogens is 1. The summed E-state index contributed by atoms with van der Waals surface area (Å²) in [4.78, 5) is 15.6. The zero-order chi connectivity index (χ0) is 14.8. The molecule has 1 aromatic rings. The van der Waals surface area contributed by atoms with Crippen LogP contribution >= 0.6 is 11.6 Å². The minimum Gasteiger partial charge on any atom is -0.443 e. The number of carbonyl (C=O) groups is 1. The van der Waals surface area contributed by atoms with Crippen LogP contribution in [0.15, 0.2) is 18.2 Å². The summed E-state index contributed by atoms with van der Waals surface area (Å²) >= 11 is 6.37. The van der Waals surface area contributed by atoms with Crippen LogP contribution in [-0.2, 0) is 9.47 Å². The van der Waals surface area contributed by atoms with Gasteiger partial charge in [-0.1, -0.05) is 11.6 Å². The molecule has 7 heteroatoms. The van der Waals surface area contributed by atoms with Crippen LogP contribution in [0.4, 0.5) is 16.2 Å². The van der Waals surface area contributed by atoms with Crippen LogP contribution in [0.1, 0.15) is 0 Å². The van der Waals surface area contributed by atoms with Gasteiger partial charge in [-0.25, -0.2) is 4.79 Å². The number of amides is 1. The molecule has 1 amide bonds. The highest BCUT2D eigenvalue weighted by atomic mass is 35.5. The molecule has 1 aromatic carbocycles. The van der Waals surface area contributed by atoms with Crippen molar-refractivity contribution >= 4 is 29.1 Å². The van der Waals surface area contributed by atoms with Crippen molar-refractivity contribution in [2.45, 2.75) is 6.10 Å². The van der Waals surface area contributed by atoms with E-state index in [0.717, 1.165) is 24.5 Å². The Morgan fingerprint density at radius 1 is 1.33 bits per heavy atom. The number of anilines is 2. The molecule has 0 aromatic heterocycles. The first-order valence-corrected chi connectivity index (χ1v) is 7.37. The summed E-state index contributed by atoms with van der Waals surface area (Å²) in [5.41, 5.74) is 7.24. The molecule has 2 heterocycles. The lowest BCUT2D eigenvalue weighted by molar-refractivity contribution is 0.122. The van der Waals surface area contributed by atoms with Gasteiger partial charge in [-0.3, -0.25) is 4.90 Å². The van der Waals surface area contributed by atoms with Crippen molar-refractivity contribution in [2.24, 2.45) is 5.73 Å². The zero-order valence-corrected chi connectivity index (χ0v) is 12.4. The van der Waals surface area contributed by atoms with Crippen LogP contribution in [0.5, 0.6) is 0 Å². The van der Waals surface area contributed by atoms with E-state index < -0.39 is 0 Å². The van der Waals surface area contributed by atoms with E-state index >= 15 is 0 Å². The van der Waals surface area contributed by atoms with E-state index in [1.165, 1.54) is 0 Å². The van der Waals surface area contributed by atoms with E-state index in [2.05, 4.69) is 4.90 Å². The minimum atomic E-state index is -0.374. The third-order valence-electron chi connectivity index (χ3n) is 3.73. The molecule has 0 aliphatic carbocycles. The summed E-state index contributed by atoms with van der Waals surface area (Å²) in [5.74, 6) is 0. The predicted octanol–water partition coefficient (Wildman–Crippen LogP) is 1.46. The van der Waals surface area contributed by atoms with Gasteiger partial charge in [0.1, 0.15) is 6.10 Å². The second-order valence-electron chi connectivity index (χ2n) is 5.09. The Kier molecular flexibility index (Phi) is 4.19. The molecular weight excluding hydrogens is 294 g/mol. The number of hydrogen-bond acceptors (Lipinski definition) is 5. The molecule has 0 radical (unpaired) electrons. The lowest BCUT2D eigenvalue weighted by Gasteiger charge is -2.30. The van der Waals surface area contributed by atoms with Crippen LogP contribution in [0.3, 0.4) is 0 Å². The molecule has 3 rings (SSSR count). The molecule has 2 N–H and O–H groups in total.